The highest BCUT2D eigenvalue weighted by atomic mass is 16.5. The lowest BCUT2D eigenvalue weighted by molar-refractivity contribution is -0.118. The van der Waals surface area contributed by atoms with Crippen LogP contribution in [0.25, 0.3) is 0 Å². The first-order valence-electron chi connectivity index (χ1n) is 6.55. The zero-order valence-electron chi connectivity index (χ0n) is 11.2. The van der Waals surface area contributed by atoms with E-state index in [1.807, 2.05) is 31.2 Å². The van der Waals surface area contributed by atoms with Gasteiger partial charge in [0.25, 0.3) is 0 Å². The highest BCUT2D eigenvalue weighted by molar-refractivity contribution is 5.96. The minimum absolute atomic E-state index is 0.0422. The topological polar surface area (TPSA) is 55.3 Å². The summed E-state index contributed by atoms with van der Waals surface area (Å²) in [5, 5.41) is 0. The summed E-state index contributed by atoms with van der Waals surface area (Å²) in [7, 11) is 0. The van der Waals surface area contributed by atoms with Gasteiger partial charge < -0.3 is 9.64 Å². The van der Waals surface area contributed by atoms with E-state index in [4.69, 9.17) is 4.74 Å². The Kier molecular flexibility index (Phi) is 3.33. The van der Waals surface area contributed by atoms with Crippen LogP contribution in [0.3, 0.4) is 0 Å². The van der Waals surface area contributed by atoms with Gasteiger partial charge in [-0.1, -0.05) is 0 Å². The van der Waals surface area contributed by atoms with Crippen LogP contribution in [0.1, 0.15) is 12.5 Å². The number of nitrogens with zero attached hydrogens (tertiary/aromatic N) is 3. The molecule has 0 fully saturated rings. The van der Waals surface area contributed by atoms with Crippen LogP contribution in [0.5, 0.6) is 5.88 Å². The van der Waals surface area contributed by atoms with Gasteiger partial charge in [-0.2, -0.15) is 0 Å². The van der Waals surface area contributed by atoms with Crippen molar-refractivity contribution in [2.75, 3.05) is 11.4 Å². The Labute approximate surface area is 117 Å². The van der Waals surface area contributed by atoms with Gasteiger partial charge in [0, 0.05) is 18.6 Å². The number of fused-ring (bicyclic) bond motifs is 1. The minimum atomic E-state index is -0.0567. The number of anilines is 1. The lowest BCUT2D eigenvalue weighted by Crippen LogP contribution is -2.43. The fourth-order valence-corrected chi connectivity index (χ4v) is 2.27. The van der Waals surface area contributed by atoms with Gasteiger partial charge in [0.05, 0.1) is 13.0 Å². The van der Waals surface area contributed by atoms with Crippen LogP contribution in [0, 0.1) is 0 Å². The summed E-state index contributed by atoms with van der Waals surface area (Å²) < 4.78 is 5.65. The van der Waals surface area contributed by atoms with Crippen LogP contribution in [-0.4, -0.2) is 28.5 Å². The molecule has 0 bridgehead atoms. The van der Waals surface area contributed by atoms with E-state index < -0.39 is 0 Å². The van der Waals surface area contributed by atoms with Crippen LogP contribution >= 0.6 is 0 Å². The fourth-order valence-electron chi connectivity index (χ4n) is 2.27. The minimum Gasteiger partial charge on any atom is -0.471 e. The van der Waals surface area contributed by atoms with Gasteiger partial charge in [-0.05, 0) is 36.8 Å². The lowest BCUT2D eigenvalue weighted by Gasteiger charge is -2.32. The van der Waals surface area contributed by atoms with Crippen LogP contribution < -0.4 is 9.64 Å². The van der Waals surface area contributed by atoms with E-state index in [9.17, 15) is 4.79 Å². The maximum Gasteiger partial charge on any atom is 0.238 e. The summed E-state index contributed by atoms with van der Waals surface area (Å²) in [5.74, 6) is 0.565. The molecule has 0 aromatic carbocycles. The number of rotatable bonds is 2. The summed E-state index contributed by atoms with van der Waals surface area (Å²) in [5.41, 5.74) is 1.69. The van der Waals surface area contributed by atoms with Crippen molar-refractivity contribution >= 4 is 11.6 Å². The monoisotopic (exact) mass is 269 g/mol. The third kappa shape index (κ3) is 2.47. The van der Waals surface area contributed by atoms with Crippen LogP contribution in [0.2, 0.25) is 0 Å². The normalized spacial score (nSPS) is 17.2. The Balaban J connectivity index is 1.85. The molecule has 0 radical (unpaired) electrons. The van der Waals surface area contributed by atoms with Gasteiger partial charge in [0.15, 0.2) is 0 Å². The first-order chi connectivity index (χ1) is 9.74. The van der Waals surface area contributed by atoms with Crippen molar-refractivity contribution in [3.05, 3.63) is 48.4 Å². The molecule has 3 rings (SSSR count). The lowest BCUT2D eigenvalue weighted by atomic mass is 10.1. The van der Waals surface area contributed by atoms with Gasteiger partial charge >= 0.3 is 0 Å². The predicted molar refractivity (Wildman–Crippen MR) is 74.6 cm³/mol. The van der Waals surface area contributed by atoms with Crippen LogP contribution in [-0.2, 0) is 11.2 Å². The Bertz CT molecular complexity index is 616. The molecule has 2 aromatic rings. The van der Waals surface area contributed by atoms with E-state index in [2.05, 4.69) is 9.97 Å². The molecule has 2 aromatic heterocycles. The van der Waals surface area contributed by atoms with Crippen LogP contribution in [0.15, 0.2) is 42.9 Å². The SMILES string of the molecule is CC1CN(C(=O)Cc2ccncc2)c2cccnc2O1. The second kappa shape index (κ2) is 5.28. The molecule has 0 N–H and O–H groups in total. The standard InChI is InChI=1S/C15H15N3O2/c1-11-10-18(13-3-2-6-17-15(13)20-11)14(19)9-12-4-7-16-8-5-12/h2-8,11H,9-10H2,1H3. The summed E-state index contributed by atoms with van der Waals surface area (Å²) in [6, 6.07) is 7.38. The van der Waals surface area contributed by atoms with Gasteiger partial charge in [0.2, 0.25) is 11.8 Å². The average molecular weight is 269 g/mol. The number of hydrogen-bond acceptors (Lipinski definition) is 4. The van der Waals surface area contributed by atoms with Crippen molar-refractivity contribution in [2.45, 2.75) is 19.4 Å². The number of ether oxygens (including phenoxy) is 1. The molecule has 5 heteroatoms. The second-order valence-corrected chi connectivity index (χ2v) is 4.79. The summed E-state index contributed by atoms with van der Waals surface area (Å²) in [6.07, 6.45) is 5.35. The predicted octanol–water partition coefficient (Wildman–Crippen LogP) is 1.83. The number of carbonyl (C=O) groups is 1. The molecule has 0 saturated heterocycles. The molecule has 102 valence electrons. The smallest absolute Gasteiger partial charge is 0.238 e. The molecule has 1 aliphatic heterocycles. The largest absolute Gasteiger partial charge is 0.471 e. The zero-order chi connectivity index (χ0) is 13.9. The van der Waals surface area contributed by atoms with Gasteiger partial charge in [-0.25, -0.2) is 4.98 Å². The number of amides is 1. The van der Waals surface area contributed by atoms with E-state index in [-0.39, 0.29) is 12.0 Å². The molecular weight excluding hydrogens is 254 g/mol. The number of pyridine rings is 2. The molecule has 0 saturated carbocycles. The van der Waals surface area contributed by atoms with Crippen molar-refractivity contribution in [3.8, 4) is 5.88 Å². The average Bonchev–Trinajstić information content (AvgIpc) is 2.47. The van der Waals surface area contributed by atoms with Crippen molar-refractivity contribution in [1.29, 1.82) is 0 Å². The molecule has 1 aliphatic rings. The molecule has 5 nitrogen and oxygen atoms in total. The Hall–Kier alpha value is -2.43. The van der Waals surface area contributed by atoms with Crippen molar-refractivity contribution < 1.29 is 9.53 Å². The first-order valence-corrected chi connectivity index (χ1v) is 6.55. The van der Waals surface area contributed by atoms with E-state index in [0.717, 1.165) is 11.3 Å². The Morgan fingerprint density at radius 3 is 2.95 bits per heavy atom. The first kappa shape index (κ1) is 12.6. The van der Waals surface area contributed by atoms with Crippen molar-refractivity contribution in [1.82, 2.24) is 9.97 Å². The van der Waals surface area contributed by atoms with E-state index >= 15 is 0 Å². The van der Waals surface area contributed by atoms with E-state index in [1.54, 1.807) is 23.5 Å². The maximum atomic E-state index is 12.5. The van der Waals surface area contributed by atoms with Gasteiger partial charge in [-0.3, -0.25) is 9.78 Å². The maximum absolute atomic E-state index is 12.5. The van der Waals surface area contributed by atoms with Crippen molar-refractivity contribution in [2.24, 2.45) is 0 Å². The quantitative estimate of drug-likeness (QED) is 0.834. The highest BCUT2D eigenvalue weighted by Gasteiger charge is 2.28. The Morgan fingerprint density at radius 1 is 1.35 bits per heavy atom. The van der Waals surface area contributed by atoms with E-state index in [0.29, 0.717) is 18.8 Å². The fraction of sp³-hybridized carbons (Fsp3) is 0.267. The summed E-state index contributed by atoms with van der Waals surface area (Å²) >= 11 is 0. The molecule has 3 heterocycles. The number of carbonyl (C=O) groups excluding carboxylic acids is 1. The molecule has 0 spiro atoms. The number of hydrogen-bond donors (Lipinski definition) is 0. The molecule has 20 heavy (non-hydrogen) atoms. The van der Waals surface area contributed by atoms with Gasteiger partial charge in [0.1, 0.15) is 11.8 Å². The molecule has 1 atom stereocenters. The van der Waals surface area contributed by atoms with Crippen LogP contribution in [0.4, 0.5) is 5.69 Å². The van der Waals surface area contributed by atoms with E-state index in [1.165, 1.54) is 0 Å². The molecular formula is C15H15N3O2. The van der Waals surface area contributed by atoms with Gasteiger partial charge in [-0.15, -0.1) is 0 Å². The molecule has 1 amide bonds. The zero-order valence-corrected chi connectivity index (χ0v) is 11.2. The third-order valence-electron chi connectivity index (χ3n) is 3.20. The number of aromatic nitrogens is 2. The Morgan fingerprint density at radius 2 is 2.15 bits per heavy atom. The highest BCUT2D eigenvalue weighted by Crippen LogP contribution is 2.31. The summed E-state index contributed by atoms with van der Waals surface area (Å²) in [4.78, 5) is 22.4. The molecule has 0 aliphatic carbocycles. The van der Waals surface area contributed by atoms with Crippen molar-refractivity contribution in [3.63, 3.8) is 0 Å². The molecule has 1 unspecified atom stereocenters. The third-order valence-corrected chi connectivity index (χ3v) is 3.20. The summed E-state index contributed by atoms with van der Waals surface area (Å²) in [6.45, 7) is 2.48. The second-order valence-electron chi connectivity index (χ2n) is 4.79.